The van der Waals surface area contributed by atoms with Crippen LogP contribution in [-0.4, -0.2) is 19.7 Å². The summed E-state index contributed by atoms with van der Waals surface area (Å²) < 4.78 is 5.91. The van der Waals surface area contributed by atoms with Gasteiger partial charge in [-0.25, -0.2) is 0 Å². The third-order valence-corrected chi connectivity index (χ3v) is 4.40. The molecule has 1 heterocycles. The van der Waals surface area contributed by atoms with Crippen molar-refractivity contribution in [3.05, 3.63) is 29.8 Å². The molecule has 2 rings (SSSR count). The normalized spacial score (nSPS) is 20.3. The minimum atomic E-state index is 0.256. The van der Waals surface area contributed by atoms with Gasteiger partial charge in [-0.05, 0) is 48.9 Å². The molecule has 0 aromatic heterocycles. The zero-order chi connectivity index (χ0) is 13.7. The van der Waals surface area contributed by atoms with Crippen LogP contribution in [0.2, 0.25) is 0 Å². The molecule has 0 spiro atoms. The summed E-state index contributed by atoms with van der Waals surface area (Å²) >= 11 is 0. The third kappa shape index (κ3) is 3.97. The van der Waals surface area contributed by atoms with Gasteiger partial charge in [-0.2, -0.15) is 0 Å². The summed E-state index contributed by atoms with van der Waals surface area (Å²) in [5, 5.41) is 3.43. The SMILES string of the molecule is CCC(C)(C)c1ccc(OCC2CCCNC2)cc1. The maximum atomic E-state index is 5.91. The summed E-state index contributed by atoms with van der Waals surface area (Å²) in [5.41, 5.74) is 1.65. The van der Waals surface area contributed by atoms with Crippen molar-refractivity contribution in [1.29, 1.82) is 0 Å². The Morgan fingerprint density at radius 1 is 1.26 bits per heavy atom. The second-order valence-electron chi connectivity index (χ2n) is 6.29. The molecule has 0 saturated carbocycles. The first kappa shape index (κ1) is 14.4. The minimum absolute atomic E-state index is 0.256. The van der Waals surface area contributed by atoms with Gasteiger partial charge in [0.05, 0.1) is 6.61 Å². The van der Waals surface area contributed by atoms with Crippen LogP contribution in [0.3, 0.4) is 0 Å². The van der Waals surface area contributed by atoms with Crippen LogP contribution in [-0.2, 0) is 5.41 Å². The van der Waals surface area contributed by atoms with Gasteiger partial charge in [0.25, 0.3) is 0 Å². The highest BCUT2D eigenvalue weighted by atomic mass is 16.5. The van der Waals surface area contributed by atoms with E-state index in [1.165, 1.54) is 18.4 Å². The summed E-state index contributed by atoms with van der Waals surface area (Å²) in [6.45, 7) is 9.91. The standard InChI is InChI=1S/C17H27NO/c1-4-17(2,3)15-7-9-16(10-8-15)19-13-14-6-5-11-18-12-14/h7-10,14,18H,4-6,11-13H2,1-3H3. The number of hydrogen-bond acceptors (Lipinski definition) is 2. The van der Waals surface area contributed by atoms with Crippen LogP contribution in [0.5, 0.6) is 5.75 Å². The van der Waals surface area contributed by atoms with Crippen LogP contribution in [0.4, 0.5) is 0 Å². The van der Waals surface area contributed by atoms with Gasteiger partial charge < -0.3 is 10.1 Å². The fraction of sp³-hybridized carbons (Fsp3) is 0.647. The lowest BCUT2D eigenvalue weighted by Gasteiger charge is -2.24. The highest BCUT2D eigenvalue weighted by molar-refractivity contribution is 5.31. The van der Waals surface area contributed by atoms with Crippen molar-refractivity contribution in [3.63, 3.8) is 0 Å². The smallest absolute Gasteiger partial charge is 0.119 e. The first-order valence-corrected chi connectivity index (χ1v) is 7.56. The molecule has 1 saturated heterocycles. The van der Waals surface area contributed by atoms with E-state index < -0.39 is 0 Å². The van der Waals surface area contributed by atoms with Gasteiger partial charge in [0.1, 0.15) is 5.75 Å². The zero-order valence-electron chi connectivity index (χ0n) is 12.5. The fourth-order valence-electron chi connectivity index (χ4n) is 2.49. The number of ether oxygens (including phenoxy) is 1. The molecular weight excluding hydrogens is 234 g/mol. The Bertz CT molecular complexity index is 377. The van der Waals surface area contributed by atoms with Crippen molar-refractivity contribution in [2.75, 3.05) is 19.7 Å². The molecule has 0 aliphatic carbocycles. The first-order valence-electron chi connectivity index (χ1n) is 7.56. The third-order valence-electron chi connectivity index (χ3n) is 4.40. The van der Waals surface area contributed by atoms with E-state index in [2.05, 4.69) is 50.4 Å². The maximum absolute atomic E-state index is 5.91. The number of hydrogen-bond donors (Lipinski definition) is 1. The highest BCUT2D eigenvalue weighted by Gasteiger charge is 2.18. The molecule has 106 valence electrons. The molecule has 0 amide bonds. The van der Waals surface area contributed by atoms with Crippen LogP contribution in [0.15, 0.2) is 24.3 Å². The van der Waals surface area contributed by atoms with Crippen molar-refractivity contribution in [2.24, 2.45) is 5.92 Å². The van der Waals surface area contributed by atoms with Gasteiger partial charge in [-0.1, -0.05) is 32.9 Å². The van der Waals surface area contributed by atoms with E-state index in [9.17, 15) is 0 Å². The monoisotopic (exact) mass is 261 g/mol. The Morgan fingerprint density at radius 2 is 2.00 bits per heavy atom. The van der Waals surface area contributed by atoms with Crippen LogP contribution in [0.25, 0.3) is 0 Å². The van der Waals surface area contributed by atoms with E-state index in [1.54, 1.807) is 0 Å². The van der Waals surface area contributed by atoms with Crippen molar-refractivity contribution < 1.29 is 4.74 Å². The molecule has 1 aliphatic heterocycles. The Labute approximate surface area is 117 Å². The Hall–Kier alpha value is -1.02. The van der Waals surface area contributed by atoms with E-state index in [1.807, 2.05) is 0 Å². The first-order chi connectivity index (χ1) is 9.12. The van der Waals surface area contributed by atoms with Gasteiger partial charge in [0.15, 0.2) is 0 Å². The molecule has 1 aromatic carbocycles. The number of benzene rings is 1. The zero-order valence-corrected chi connectivity index (χ0v) is 12.5. The Balaban J connectivity index is 1.88. The van der Waals surface area contributed by atoms with Crippen LogP contribution >= 0.6 is 0 Å². The van der Waals surface area contributed by atoms with Gasteiger partial charge in [-0.15, -0.1) is 0 Å². The molecule has 0 bridgehead atoms. The van der Waals surface area contributed by atoms with Gasteiger partial charge in [0.2, 0.25) is 0 Å². The van der Waals surface area contributed by atoms with E-state index in [4.69, 9.17) is 4.74 Å². The van der Waals surface area contributed by atoms with Crippen LogP contribution in [0, 0.1) is 5.92 Å². The average molecular weight is 261 g/mol. The molecule has 2 nitrogen and oxygen atoms in total. The quantitative estimate of drug-likeness (QED) is 0.871. The van der Waals surface area contributed by atoms with Crippen molar-refractivity contribution in [1.82, 2.24) is 5.32 Å². The van der Waals surface area contributed by atoms with E-state index in [0.29, 0.717) is 5.92 Å². The van der Waals surface area contributed by atoms with Gasteiger partial charge in [-0.3, -0.25) is 0 Å². The Kier molecular flexibility index (Phi) is 4.87. The molecule has 2 heteroatoms. The van der Waals surface area contributed by atoms with Crippen molar-refractivity contribution >= 4 is 0 Å². The van der Waals surface area contributed by atoms with Crippen LogP contribution in [0.1, 0.15) is 45.6 Å². The lowest BCUT2D eigenvalue weighted by atomic mass is 9.82. The predicted molar refractivity (Wildman–Crippen MR) is 80.8 cm³/mol. The molecule has 1 fully saturated rings. The van der Waals surface area contributed by atoms with E-state index in [-0.39, 0.29) is 5.41 Å². The molecule has 1 aromatic rings. The molecule has 19 heavy (non-hydrogen) atoms. The molecule has 0 radical (unpaired) electrons. The summed E-state index contributed by atoms with van der Waals surface area (Å²) in [5.74, 6) is 1.67. The number of piperidine rings is 1. The lowest BCUT2D eigenvalue weighted by molar-refractivity contribution is 0.218. The second-order valence-corrected chi connectivity index (χ2v) is 6.29. The molecule has 1 unspecified atom stereocenters. The molecular formula is C17H27NO. The van der Waals surface area contributed by atoms with Gasteiger partial charge in [0, 0.05) is 12.5 Å². The summed E-state index contributed by atoms with van der Waals surface area (Å²) in [6.07, 6.45) is 3.71. The summed E-state index contributed by atoms with van der Waals surface area (Å²) in [7, 11) is 0. The maximum Gasteiger partial charge on any atom is 0.119 e. The number of rotatable bonds is 5. The molecule has 1 aliphatic rings. The predicted octanol–water partition coefficient (Wildman–Crippen LogP) is 3.75. The van der Waals surface area contributed by atoms with Crippen LogP contribution < -0.4 is 10.1 Å². The fourth-order valence-corrected chi connectivity index (χ4v) is 2.49. The average Bonchev–Trinajstić information content (AvgIpc) is 2.47. The molecule has 1 atom stereocenters. The second kappa shape index (κ2) is 6.42. The van der Waals surface area contributed by atoms with Crippen molar-refractivity contribution in [3.8, 4) is 5.75 Å². The van der Waals surface area contributed by atoms with Crippen molar-refractivity contribution in [2.45, 2.75) is 45.4 Å². The largest absolute Gasteiger partial charge is 0.493 e. The van der Waals surface area contributed by atoms with E-state index >= 15 is 0 Å². The molecule has 1 N–H and O–H groups in total. The number of nitrogens with one attached hydrogen (secondary N) is 1. The van der Waals surface area contributed by atoms with Gasteiger partial charge >= 0.3 is 0 Å². The lowest BCUT2D eigenvalue weighted by Crippen LogP contribution is -2.33. The Morgan fingerprint density at radius 3 is 2.58 bits per heavy atom. The summed E-state index contributed by atoms with van der Waals surface area (Å²) in [4.78, 5) is 0. The summed E-state index contributed by atoms with van der Waals surface area (Å²) in [6, 6.07) is 8.64. The highest BCUT2D eigenvalue weighted by Crippen LogP contribution is 2.28. The topological polar surface area (TPSA) is 21.3 Å². The minimum Gasteiger partial charge on any atom is -0.493 e. The van der Waals surface area contributed by atoms with E-state index in [0.717, 1.165) is 31.9 Å².